The van der Waals surface area contributed by atoms with Crippen molar-refractivity contribution in [1.82, 2.24) is 0 Å². The van der Waals surface area contributed by atoms with E-state index in [0.29, 0.717) is 11.5 Å². The topological polar surface area (TPSA) is 99.4 Å². The fraction of sp³-hybridized carbons (Fsp3) is 0.429. The lowest BCUT2D eigenvalue weighted by atomic mass is 9.67. The Morgan fingerprint density at radius 3 is 1.52 bits per heavy atom. The van der Waals surface area contributed by atoms with Crippen LogP contribution in [0.2, 0.25) is 0 Å². The van der Waals surface area contributed by atoms with Crippen LogP contribution in [0, 0.1) is 5.92 Å². The third-order valence-corrected chi connectivity index (χ3v) is 4.85. The van der Waals surface area contributed by atoms with E-state index in [1.807, 2.05) is 43.3 Å². The Balaban J connectivity index is 2.66. The molecule has 2 aromatic rings. The number of ether oxygens (including phenoxy) is 2. The summed E-state index contributed by atoms with van der Waals surface area (Å²) < 4.78 is 11.4. The van der Waals surface area contributed by atoms with Crippen molar-refractivity contribution < 1.29 is 29.9 Å². The predicted molar refractivity (Wildman–Crippen MR) is 102 cm³/mol. The molecule has 0 aliphatic carbocycles. The van der Waals surface area contributed by atoms with Crippen molar-refractivity contribution in [3.63, 3.8) is 0 Å². The Kier molecular flexibility index (Phi) is 8.06. The Morgan fingerprint density at radius 1 is 0.741 bits per heavy atom. The van der Waals surface area contributed by atoms with Gasteiger partial charge in [-0.1, -0.05) is 43.3 Å². The molecule has 0 saturated heterocycles. The minimum Gasteiger partial charge on any atom is -0.491 e. The second-order valence-corrected chi connectivity index (χ2v) is 6.40. The summed E-state index contributed by atoms with van der Waals surface area (Å²) in [6.45, 7) is 1.48. The van der Waals surface area contributed by atoms with Crippen LogP contribution < -0.4 is 9.47 Å². The first-order chi connectivity index (χ1) is 13.1. The van der Waals surface area contributed by atoms with Crippen LogP contribution in [0.4, 0.5) is 0 Å². The summed E-state index contributed by atoms with van der Waals surface area (Å²) in [5.74, 6) is 0.617. The van der Waals surface area contributed by atoms with E-state index in [0.717, 1.165) is 11.1 Å². The molecule has 2 aromatic carbocycles. The quantitative estimate of drug-likeness (QED) is 0.472. The molecular weight excluding hydrogens is 348 g/mol. The van der Waals surface area contributed by atoms with E-state index in [-0.39, 0.29) is 39.6 Å². The Morgan fingerprint density at radius 2 is 1.15 bits per heavy atom. The molecule has 4 N–H and O–H groups in total. The zero-order chi connectivity index (χ0) is 19.7. The van der Waals surface area contributed by atoms with Crippen LogP contribution in [0.5, 0.6) is 11.5 Å². The second kappa shape index (κ2) is 10.3. The SMILES string of the molecule is CC(c1ccccc1OCCO)(c1ccccc1OCCO)C(CO)CO. The van der Waals surface area contributed by atoms with E-state index in [1.54, 1.807) is 12.1 Å². The fourth-order valence-electron chi connectivity index (χ4n) is 3.36. The van der Waals surface area contributed by atoms with Crippen molar-refractivity contribution in [3.8, 4) is 11.5 Å². The van der Waals surface area contributed by atoms with Crippen molar-refractivity contribution in [2.75, 3.05) is 39.6 Å². The summed E-state index contributed by atoms with van der Waals surface area (Å²) in [6, 6.07) is 14.8. The van der Waals surface area contributed by atoms with E-state index in [1.165, 1.54) is 0 Å². The van der Waals surface area contributed by atoms with Crippen molar-refractivity contribution >= 4 is 0 Å². The van der Waals surface area contributed by atoms with Gasteiger partial charge in [-0.3, -0.25) is 0 Å². The third-order valence-electron chi connectivity index (χ3n) is 4.85. The molecule has 0 heterocycles. The van der Waals surface area contributed by atoms with Crippen LogP contribution in [-0.4, -0.2) is 60.1 Å². The van der Waals surface area contributed by atoms with Gasteiger partial charge in [0.15, 0.2) is 0 Å². The molecule has 27 heavy (non-hydrogen) atoms. The van der Waals surface area contributed by atoms with Crippen molar-refractivity contribution in [2.45, 2.75) is 12.3 Å². The maximum Gasteiger partial charge on any atom is 0.123 e. The van der Waals surface area contributed by atoms with E-state index in [2.05, 4.69) is 0 Å². The molecule has 0 amide bonds. The summed E-state index contributed by atoms with van der Waals surface area (Å²) in [7, 11) is 0. The maximum atomic E-state index is 10.00. The molecular formula is C21H28O6. The maximum absolute atomic E-state index is 10.00. The Hall–Kier alpha value is -2.12. The fourth-order valence-corrected chi connectivity index (χ4v) is 3.36. The number of aliphatic hydroxyl groups is 4. The number of para-hydroxylation sites is 2. The van der Waals surface area contributed by atoms with Gasteiger partial charge >= 0.3 is 0 Å². The van der Waals surface area contributed by atoms with Crippen LogP contribution in [0.15, 0.2) is 48.5 Å². The molecule has 0 aromatic heterocycles. The number of rotatable bonds is 11. The summed E-state index contributed by atoms with van der Waals surface area (Å²) in [6.07, 6.45) is 0. The van der Waals surface area contributed by atoms with Gasteiger partial charge in [0.1, 0.15) is 24.7 Å². The average Bonchev–Trinajstić information content (AvgIpc) is 2.71. The first-order valence-electron chi connectivity index (χ1n) is 9.01. The van der Waals surface area contributed by atoms with Gasteiger partial charge in [-0.2, -0.15) is 0 Å². The smallest absolute Gasteiger partial charge is 0.123 e. The number of aliphatic hydroxyl groups excluding tert-OH is 4. The lowest BCUT2D eigenvalue weighted by Crippen LogP contribution is -2.39. The van der Waals surface area contributed by atoms with E-state index >= 15 is 0 Å². The molecule has 0 atom stereocenters. The third kappa shape index (κ3) is 4.59. The molecule has 2 rings (SSSR count). The Bertz CT molecular complexity index is 647. The van der Waals surface area contributed by atoms with Crippen LogP contribution in [-0.2, 0) is 5.41 Å². The van der Waals surface area contributed by atoms with E-state index in [4.69, 9.17) is 19.7 Å². The van der Waals surface area contributed by atoms with Crippen molar-refractivity contribution in [3.05, 3.63) is 59.7 Å². The van der Waals surface area contributed by atoms with Gasteiger partial charge in [0, 0.05) is 35.7 Å². The van der Waals surface area contributed by atoms with Gasteiger partial charge in [-0.15, -0.1) is 0 Å². The number of hydrogen-bond donors (Lipinski definition) is 4. The largest absolute Gasteiger partial charge is 0.491 e. The zero-order valence-corrected chi connectivity index (χ0v) is 15.5. The van der Waals surface area contributed by atoms with Gasteiger partial charge in [-0.05, 0) is 12.1 Å². The van der Waals surface area contributed by atoms with Crippen molar-refractivity contribution in [2.24, 2.45) is 5.92 Å². The highest BCUT2D eigenvalue weighted by atomic mass is 16.5. The second-order valence-electron chi connectivity index (χ2n) is 6.40. The van der Waals surface area contributed by atoms with Crippen LogP contribution in [0.25, 0.3) is 0 Å². The monoisotopic (exact) mass is 376 g/mol. The lowest BCUT2D eigenvalue weighted by Gasteiger charge is -2.39. The van der Waals surface area contributed by atoms with Crippen LogP contribution in [0.3, 0.4) is 0 Å². The molecule has 0 aliphatic rings. The average molecular weight is 376 g/mol. The summed E-state index contributed by atoms with van der Waals surface area (Å²) in [5, 5.41) is 38.3. The molecule has 0 bridgehead atoms. The first-order valence-corrected chi connectivity index (χ1v) is 9.01. The van der Waals surface area contributed by atoms with Gasteiger partial charge < -0.3 is 29.9 Å². The number of benzene rings is 2. The van der Waals surface area contributed by atoms with Crippen molar-refractivity contribution in [1.29, 1.82) is 0 Å². The summed E-state index contributed by atoms with van der Waals surface area (Å²) in [5.41, 5.74) is 0.708. The predicted octanol–water partition coefficient (Wildman–Crippen LogP) is 1.34. The Labute approximate surface area is 159 Å². The van der Waals surface area contributed by atoms with E-state index in [9.17, 15) is 10.2 Å². The highest BCUT2D eigenvalue weighted by Crippen LogP contribution is 2.46. The molecule has 0 spiro atoms. The zero-order valence-electron chi connectivity index (χ0n) is 15.5. The highest BCUT2D eigenvalue weighted by Gasteiger charge is 2.41. The van der Waals surface area contributed by atoms with Crippen LogP contribution in [0.1, 0.15) is 18.1 Å². The molecule has 0 unspecified atom stereocenters. The molecule has 6 heteroatoms. The summed E-state index contributed by atoms with van der Waals surface area (Å²) in [4.78, 5) is 0. The first kappa shape index (κ1) is 21.2. The van der Waals surface area contributed by atoms with Gasteiger partial charge in [0.05, 0.1) is 13.2 Å². The minimum absolute atomic E-state index is 0.120. The molecule has 6 nitrogen and oxygen atoms in total. The molecule has 148 valence electrons. The molecule has 0 radical (unpaired) electrons. The standard InChI is InChI=1S/C21H28O6/c1-21(16(14-24)15-25,17-6-2-4-8-19(17)26-12-10-22)18-7-3-5-9-20(18)27-13-11-23/h2-9,16,22-25H,10-15H2,1H3. The lowest BCUT2D eigenvalue weighted by molar-refractivity contribution is 0.104. The highest BCUT2D eigenvalue weighted by molar-refractivity contribution is 5.52. The summed E-state index contributed by atoms with van der Waals surface area (Å²) >= 11 is 0. The number of hydrogen-bond acceptors (Lipinski definition) is 6. The van der Waals surface area contributed by atoms with Gasteiger partial charge in [0.2, 0.25) is 0 Å². The van der Waals surface area contributed by atoms with E-state index < -0.39 is 11.3 Å². The molecule has 0 aliphatic heterocycles. The molecule has 0 saturated carbocycles. The normalized spacial score (nSPS) is 11.6. The molecule has 0 fully saturated rings. The minimum atomic E-state index is -0.832. The van der Waals surface area contributed by atoms with Gasteiger partial charge in [0.25, 0.3) is 0 Å². The van der Waals surface area contributed by atoms with Gasteiger partial charge in [-0.25, -0.2) is 0 Å². The van der Waals surface area contributed by atoms with Crippen LogP contribution >= 0.6 is 0 Å².